The van der Waals surface area contributed by atoms with E-state index in [4.69, 9.17) is 0 Å². The molecular weight excluding hydrogens is 116 g/mol. The zero-order valence-electron chi connectivity index (χ0n) is 6.73. The average Bonchev–Trinajstić information content (AvgIpc) is 1.93. The van der Waals surface area contributed by atoms with Crippen molar-refractivity contribution in [3.8, 4) is 0 Å². The summed E-state index contributed by atoms with van der Waals surface area (Å²) in [6.07, 6.45) is 0.480. The third kappa shape index (κ3) is 11.2. The van der Waals surface area contributed by atoms with Gasteiger partial charge in [-0.05, 0) is 6.92 Å². The van der Waals surface area contributed by atoms with Gasteiger partial charge in [-0.15, -0.1) is 0 Å². The highest BCUT2D eigenvalue weighted by Gasteiger charge is 1.91. The molecule has 0 saturated heterocycles. The van der Waals surface area contributed by atoms with Crippen LogP contribution in [0.25, 0.3) is 0 Å². The topological polar surface area (TPSA) is 26.3 Å². The first-order valence-corrected chi connectivity index (χ1v) is 3.46. The molecule has 0 N–H and O–H groups in total. The number of esters is 1. The number of carbonyl (C=O) groups is 1. The van der Waals surface area contributed by atoms with Crippen LogP contribution >= 0.6 is 0 Å². The van der Waals surface area contributed by atoms with Crippen molar-refractivity contribution in [3.63, 3.8) is 0 Å². The van der Waals surface area contributed by atoms with Gasteiger partial charge in [0.1, 0.15) is 0 Å². The van der Waals surface area contributed by atoms with Crippen LogP contribution in [0.2, 0.25) is 0 Å². The molecule has 0 aromatic carbocycles. The summed E-state index contributed by atoms with van der Waals surface area (Å²) < 4.78 is 4.55. The molecule has 0 aliphatic heterocycles. The molecule has 56 valence electrons. The quantitative estimate of drug-likeness (QED) is 0.537. The van der Waals surface area contributed by atoms with Gasteiger partial charge in [0.2, 0.25) is 0 Å². The number of rotatable bonds is 2. The molecule has 0 aromatic rings. The number of hydrogen-bond acceptors (Lipinski definition) is 2. The predicted octanol–water partition coefficient (Wildman–Crippen LogP) is 1.99. The zero-order valence-corrected chi connectivity index (χ0v) is 6.73. The Balaban J connectivity index is 0. The second-order valence-corrected chi connectivity index (χ2v) is 1.16. The fourth-order valence-electron chi connectivity index (χ4n) is 0.263. The molecule has 9 heavy (non-hydrogen) atoms. The Labute approximate surface area is 57.2 Å². The van der Waals surface area contributed by atoms with Gasteiger partial charge in [0.15, 0.2) is 0 Å². The van der Waals surface area contributed by atoms with E-state index in [1.165, 1.54) is 0 Å². The van der Waals surface area contributed by atoms with E-state index >= 15 is 0 Å². The fraction of sp³-hybridized carbons (Fsp3) is 0.857. The largest absolute Gasteiger partial charge is 0.466 e. The Morgan fingerprint density at radius 1 is 1.33 bits per heavy atom. The van der Waals surface area contributed by atoms with Crippen molar-refractivity contribution in [3.05, 3.63) is 0 Å². The van der Waals surface area contributed by atoms with Gasteiger partial charge in [-0.1, -0.05) is 20.8 Å². The maximum Gasteiger partial charge on any atom is 0.305 e. The highest BCUT2D eigenvalue weighted by Crippen LogP contribution is 1.80. The van der Waals surface area contributed by atoms with E-state index in [0.717, 1.165) is 0 Å². The molecule has 0 unspecified atom stereocenters. The van der Waals surface area contributed by atoms with Gasteiger partial charge in [0, 0.05) is 6.42 Å². The lowest BCUT2D eigenvalue weighted by Gasteiger charge is -1.93. The number of carbonyl (C=O) groups excluding carboxylic acids is 1. The lowest BCUT2D eigenvalue weighted by Crippen LogP contribution is -2.00. The minimum Gasteiger partial charge on any atom is -0.466 e. The first-order valence-electron chi connectivity index (χ1n) is 3.46. The Morgan fingerprint density at radius 3 is 1.89 bits per heavy atom. The average molecular weight is 132 g/mol. The standard InChI is InChI=1S/C5H10O2.C2H6/c1-3-5(6)7-4-2;1-2/h3-4H2,1-2H3;1-2H3. The second kappa shape index (κ2) is 10.5. The van der Waals surface area contributed by atoms with Crippen LogP contribution in [0.15, 0.2) is 0 Å². The molecule has 0 bridgehead atoms. The zero-order chi connectivity index (χ0) is 7.70. The molecule has 0 aliphatic carbocycles. The van der Waals surface area contributed by atoms with Gasteiger partial charge in [-0.25, -0.2) is 0 Å². The monoisotopic (exact) mass is 132 g/mol. The van der Waals surface area contributed by atoms with Crippen molar-refractivity contribution in [2.45, 2.75) is 34.1 Å². The van der Waals surface area contributed by atoms with Crippen LogP contribution in [0.4, 0.5) is 0 Å². The third-order valence-corrected chi connectivity index (χ3v) is 0.594. The van der Waals surface area contributed by atoms with E-state index in [0.29, 0.717) is 13.0 Å². The van der Waals surface area contributed by atoms with Crippen LogP contribution in [0.1, 0.15) is 34.1 Å². The van der Waals surface area contributed by atoms with Crippen LogP contribution in [-0.4, -0.2) is 12.6 Å². The van der Waals surface area contributed by atoms with Crippen LogP contribution in [0, 0.1) is 0 Å². The van der Waals surface area contributed by atoms with Crippen molar-refractivity contribution >= 4 is 5.97 Å². The first-order chi connectivity index (χ1) is 4.31. The van der Waals surface area contributed by atoms with Crippen molar-refractivity contribution in [1.29, 1.82) is 0 Å². The van der Waals surface area contributed by atoms with Crippen molar-refractivity contribution in [2.24, 2.45) is 0 Å². The van der Waals surface area contributed by atoms with E-state index in [1.807, 2.05) is 13.8 Å². The minimum absolute atomic E-state index is 0.123. The SMILES string of the molecule is CC.CCOC(=O)CC. The van der Waals surface area contributed by atoms with E-state index in [1.54, 1.807) is 13.8 Å². The van der Waals surface area contributed by atoms with E-state index in [9.17, 15) is 4.79 Å². The summed E-state index contributed by atoms with van der Waals surface area (Å²) >= 11 is 0. The Morgan fingerprint density at radius 2 is 1.78 bits per heavy atom. The normalized spacial score (nSPS) is 7.11. The summed E-state index contributed by atoms with van der Waals surface area (Å²) in [6, 6.07) is 0. The lowest BCUT2D eigenvalue weighted by molar-refractivity contribution is -0.142. The molecule has 0 spiro atoms. The lowest BCUT2D eigenvalue weighted by atomic mass is 10.5. The van der Waals surface area contributed by atoms with Crippen molar-refractivity contribution in [2.75, 3.05) is 6.61 Å². The van der Waals surface area contributed by atoms with Gasteiger partial charge in [0.25, 0.3) is 0 Å². The van der Waals surface area contributed by atoms with E-state index < -0.39 is 0 Å². The van der Waals surface area contributed by atoms with Crippen molar-refractivity contribution < 1.29 is 9.53 Å². The van der Waals surface area contributed by atoms with Gasteiger partial charge in [-0.3, -0.25) is 4.79 Å². The van der Waals surface area contributed by atoms with Crippen LogP contribution in [-0.2, 0) is 9.53 Å². The molecule has 0 heterocycles. The summed E-state index contributed by atoms with van der Waals surface area (Å²) in [6.45, 7) is 8.07. The molecule has 0 fully saturated rings. The molecular formula is C7H16O2. The summed E-state index contributed by atoms with van der Waals surface area (Å²) in [5.74, 6) is -0.123. The molecule has 0 radical (unpaired) electrons. The van der Waals surface area contributed by atoms with E-state index in [2.05, 4.69) is 4.74 Å². The molecule has 0 aromatic heterocycles. The van der Waals surface area contributed by atoms with Crippen LogP contribution in [0.5, 0.6) is 0 Å². The number of hydrogen-bond donors (Lipinski definition) is 0. The van der Waals surface area contributed by atoms with Gasteiger partial charge in [0.05, 0.1) is 6.61 Å². The first kappa shape index (κ1) is 11.3. The molecule has 0 rings (SSSR count). The Hall–Kier alpha value is -0.530. The van der Waals surface area contributed by atoms with Crippen molar-refractivity contribution in [1.82, 2.24) is 0 Å². The molecule has 0 aliphatic rings. The van der Waals surface area contributed by atoms with E-state index in [-0.39, 0.29) is 5.97 Å². The maximum absolute atomic E-state index is 10.2. The highest BCUT2D eigenvalue weighted by atomic mass is 16.5. The highest BCUT2D eigenvalue weighted by molar-refractivity contribution is 5.68. The van der Waals surface area contributed by atoms with Gasteiger partial charge >= 0.3 is 5.97 Å². The summed E-state index contributed by atoms with van der Waals surface area (Å²) in [7, 11) is 0. The van der Waals surface area contributed by atoms with Gasteiger partial charge < -0.3 is 4.74 Å². The number of ether oxygens (including phenoxy) is 1. The fourth-order valence-corrected chi connectivity index (χ4v) is 0.263. The van der Waals surface area contributed by atoms with Crippen LogP contribution < -0.4 is 0 Å². The maximum atomic E-state index is 10.2. The Kier molecular flexibility index (Phi) is 13.1. The second-order valence-electron chi connectivity index (χ2n) is 1.16. The minimum atomic E-state index is -0.123. The van der Waals surface area contributed by atoms with Gasteiger partial charge in [-0.2, -0.15) is 0 Å². The predicted molar refractivity (Wildman–Crippen MR) is 38.3 cm³/mol. The molecule has 2 nitrogen and oxygen atoms in total. The summed E-state index contributed by atoms with van der Waals surface area (Å²) in [5, 5.41) is 0. The van der Waals surface area contributed by atoms with Crippen LogP contribution in [0.3, 0.4) is 0 Å². The third-order valence-electron chi connectivity index (χ3n) is 0.594. The Bertz CT molecular complexity index is 59.9. The summed E-state index contributed by atoms with van der Waals surface area (Å²) in [4.78, 5) is 10.2. The molecule has 0 saturated carbocycles. The molecule has 0 atom stereocenters. The summed E-state index contributed by atoms with van der Waals surface area (Å²) in [5.41, 5.74) is 0. The molecule has 0 amide bonds. The molecule has 2 heteroatoms. The smallest absolute Gasteiger partial charge is 0.305 e.